The first-order valence-corrected chi connectivity index (χ1v) is 10.9. The van der Waals surface area contributed by atoms with Gasteiger partial charge in [-0.15, -0.1) is 0 Å². The molecule has 0 aliphatic carbocycles. The lowest BCUT2D eigenvalue weighted by atomic mass is 9.75. The Hall–Kier alpha value is -4.03. The summed E-state index contributed by atoms with van der Waals surface area (Å²) in [7, 11) is 0. The minimum atomic E-state index is -0.205. The molecule has 4 aromatic carbocycles. The van der Waals surface area contributed by atoms with Gasteiger partial charge < -0.3 is 9.30 Å². The van der Waals surface area contributed by atoms with Crippen LogP contribution in [0.2, 0.25) is 0 Å². The Bertz CT molecular complexity index is 1600. The van der Waals surface area contributed by atoms with E-state index < -0.39 is 0 Å². The maximum Gasteiger partial charge on any atom is 0.156 e. The number of hydrogen-bond donors (Lipinski definition) is 0. The highest BCUT2D eigenvalue weighted by molar-refractivity contribution is 6.12. The highest BCUT2D eigenvalue weighted by Gasteiger charge is 2.36. The van der Waals surface area contributed by atoms with Crippen LogP contribution in [-0.2, 0) is 5.41 Å². The van der Waals surface area contributed by atoms with Gasteiger partial charge in [0.05, 0.1) is 22.3 Å². The van der Waals surface area contributed by atoms with Gasteiger partial charge in [-0.3, -0.25) is 0 Å². The Morgan fingerprint density at radius 3 is 2.44 bits per heavy atom. The second-order valence-electron chi connectivity index (χ2n) is 9.00. The molecule has 0 spiro atoms. The Morgan fingerprint density at radius 1 is 0.812 bits per heavy atom. The van der Waals surface area contributed by atoms with E-state index >= 15 is 0 Å². The summed E-state index contributed by atoms with van der Waals surface area (Å²) < 4.78 is 8.85. The topological polar surface area (TPSA) is 38.0 Å². The SMILES string of the molecule is Cc1cccc(C#N)c1-n1c2ccccc2c2ccc3c(c21)Oc1ccccc1C3(C)C. The van der Waals surface area contributed by atoms with Crippen LogP contribution >= 0.6 is 0 Å². The molecule has 0 saturated carbocycles. The summed E-state index contributed by atoms with van der Waals surface area (Å²) in [5.74, 6) is 1.76. The van der Waals surface area contributed by atoms with Crippen LogP contribution in [-0.4, -0.2) is 4.57 Å². The molecule has 0 amide bonds. The molecule has 0 N–H and O–H groups in total. The zero-order valence-electron chi connectivity index (χ0n) is 18.3. The molecule has 2 heterocycles. The van der Waals surface area contributed by atoms with Crippen molar-refractivity contribution in [3.05, 3.63) is 101 Å². The van der Waals surface area contributed by atoms with Crippen LogP contribution in [0.15, 0.2) is 78.9 Å². The number of rotatable bonds is 1. The van der Waals surface area contributed by atoms with Crippen molar-refractivity contribution < 1.29 is 4.74 Å². The molecular weight excluding hydrogens is 392 g/mol. The van der Waals surface area contributed by atoms with Crippen molar-refractivity contribution >= 4 is 21.8 Å². The first-order chi connectivity index (χ1) is 15.5. The zero-order valence-corrected chi connectivity index (χ0v) is 18.3. The first kappa shape index (κ1) is 18.7. The van der Waals surface area contributed by atoms with Crippen LogP contribution < -0.4 is 4.74 Å². The molecule has 0 atom stereocenters. The van der Waals surface area contributed by atoms with Gasteiger partial charge in [-0.2, -0.15) is 5.26 Å². The molecule has 1 aliphatic rings. The second kappa shape index (κ2) is 6.48. The third-order valence-electron chi connectivity index (χ3n) is 6.82. The lowest BCUT2D eigenvalue weighted by Crippen LogP contribution is -2.24. The van der Waals surface area contributed by atoms with E-state index in [1.807, 2.05) is 24.3 Å². The Morgan fingerprint density at radius 2 is 1.59 bits per heavy atom. The fourth-order valence-corrected chi connectivity index (χ4v) is 5.23. The fourth-order valence-electron chi connectivity index (χ4n) is 5.23. The molecule has 3 nitrogen and oxygen atoms in total. The summed E-state index contributed by atoms with van der Waals surface area (Å²) in [5.41, 5.74) is 6.83. The van der Waals surface area contributed by atoms with Gasteiger partial charge in [0.15, 0.2) is 5.75 Å². The summed E-state index contributed by atoms with van der Waals surface area (Å²) in [6.45, 7) is 6.56. The number of fused-ring (bicyclic) bond motifs is 6. The van der Waals surface area contributed by atoms with Crippen LogP contribution in [0.4, 0.5) is 0 Å². The largest absolute Gasteiger partial charge is 0.454 e. The molecule has 0 unspecified atom stereocenters. The number of hydrogen-bond acceptors (Lipinski definition) is 2. The van der Waals surface area contributed by atoms with Crippen LogP contribution in [0.1, 0.15) is 36.1 Å². The third kappa shape index (κ3) is 2.35. The maximum atomic E-state index is 9.94. The summed E-state index contributed by atoms with van der Waals surface area (Å²) in [6, 6.07) is 29.4. The minimum Gasteiger partial charge on any atom is -0.454 e. The molecule has 0 fully saturated rings. The second-order valence-corrected chi connectivity index (χ2v) is 9.00. The van der Waals surface area contributed by atoms with E-state index in [1.165, 1.54) is 5.56 Å². The van der Waals surface area contributed by atoms with Crippen LogP contribution in [0.3, 0.4) is 0 Å². The number of nitrogens with zero attached hydrogens (tertiary/aromatic N) is 2. The molecule has 5 aromatic rings. The molecule has 6 rings (SSSR count). The predicted molar refractivity (Wildman–Crippen MR) is 129 cm³/mol. The van der Waals surface area contributed by atoms with Gasteiger partial charge in [0, 0.05) is 27.3 Å². The van der Waals surface area contributed by atoms with Crippen molar-refractivity contribution in [2.75, 3.05) is 0 Å². The highest BCUT2D eigenvalue weighted by atomic mass is 16.5. The van der Waals surface area contributed by atoms with Crippen molar-refractivity contribution in [2.45, 2.75) is 26.2 Å². The molecule has 0 bridgehead atoms. The predicted octanol–water partition coefficient (Wildman–Crippen LogP) is 7.40. The normalized spacial score (nSPS) is 13.9. The first-order valence-electron chi connectivity index (χ1n) is 10.9. The van der Waals surface area contributed by atoms with Crippen LogP contribution in [0, 0.1) is 18.3 Å². The van der Waals surface area contributed by atoms with Gasteiger partial charge in [0.25, 0.3) is 0 Å². The lowest BCUT2D eigenvalue weighted by molar-refractivity contribution is 0.421. The quantitative estimate of drug-likeness (QED) is 0.287. The third-order valence-corrected chi connectivity index (χ3v) is 6.82. The maximum absolute atomic E-state index is 9.94. The fraction of sp³-hybridized carbons (Fsp3) is 0.138. The highest BCUT2D eigenvalue weighted by Crippen LogP contribution is 2.52. The average Bonchev–Trinajstić information content (AvgIpc) is 3.13. The molecule has 1 aliphatic heterocycles. The number of para-hydroxylation sites is 3. The summed E-state index contributed by atoms with van der Waals surface area (Å²) in [5, 5.41) is 12.2. The van der Waals surface area contributed by atoms with E-state index in [2.05, 4.69) is 86.0 Å². The van der Waals surface area contributed by atoms with E-state index in [0.29, 0.717) is 5.56 Å². The molecule has 154 valence electrons. The summed E-state index contributed by atoms with van der Waals surface area (Å²) in [6.07, 6.45) is 0. The molecule has 0 radical (unpaired) electrons. The number of aryl methyl sites for hydroxylation is 1. The van der Waals surface area contributed by atoms with Gasteiger partial charge in [0.2, 0.25) is 0 Å². The van der Waals surface area contributed by atoms with Crippen LogP contribution in [0.25, 0.3) is 27.5 Å². The molecule has 1 aromatic heterocycles. The van der Waals surface area contributed by atoms with Gasteiger partial charge in [-0.25, -0.2) is 0 Å². The van der Waals surface area contributed by atoms with E-state index in [9.17, 15) is 5.26 Å². The number of aromatic nitrogens is 1. The summed E-state index contributed by atoms with van der Waals surface area (Å²) >= 11 is 0. The Labute approximate surface area is 187 Å². The Balaban J connectivity index is 1.83. The van der Waals surface area contributed by atoms with Crippen molar-refractivity contribution in [3.63, 3.8) is 0 Å². The van der Waals surface area contributed by atoms with Crippen molar-refractivity contribution in [1.29, 1.82) is 5.26 Å². The Kier molecular flexibility index (Phi) is 3.79. The zero-order chi connectivity index (χ0) is 22.0. The van der Waals surface area contributed by atoms with Crippen molar-refractivity contribution in [1.82, 2.24) is 4.57 Å². The van der Waals surface area contributed by atoms with Gasteiger partial charge in [0.1, 0.15) is 11.8 Å². The van der Waals surface area contributed by atoms with Gasteiger partial charge >= 0.3 is 0 Å². The van der Waals surface area contributed by atoms with E-state index in [0.717, 1.165) is 50.1 Å². The molecular formula is C29H22N2O. The number of ether oxygens (including phenoxy) is 1. The molecule has 0 saturated heterocycles. The lowest BCUT2D eigenvalue weighted by Gasteiger charge is -2.35. The molecule has 3 heteroatoms. The van der Waals surface area contributed by atoms with E-state index in [4.69, 9.17) is 4.74 Å². The van der Waals surface area contributed by atoms with Crippen molar-refractivity contribution in [2.24, 2.45) is 0 Å². The van der Waals surface area contributed by atoms with Gasteiger partial charge in [-0.1, -0.05) is 74.5 Å². The average molecular weight is 415 g/mol. The standard InChI is InChI=1S/C29H22N2O/c1-18-9-8-10-19(17-30)26(18)31-24-13-6-4-11-20(24)21-15-16-23-28(27(21)31)32-25-14-7-5-12-22(25)29(23,2)3/h4-16H,1-3H3. The van der Waals surface area contributed by atoms with Crippen LogP contribution in [0.5, 0.6) is 11.5 Å². The number of benzene rings is 4. The minimum absolute atomic E-state index is 0.205. The monoisotopic (exact) mass is 414 g/mol. The molecule has 32 heavy (non-hydrogen) atoms. The van der Waals surface area contributed by atoms with Crippen molar-refractivity contribution in [3.8, 4) is 23.3 Å². The van der Waals surface area contributed by atoms with Gasteiger partial charge in [-0.05, 0) is 30.7 Å². The van der Waals surface area contributed by atoms with E-state index in [-0.39, 0.29) is 5.41 Å². The number of nitriles is 1. The summed E-state index contributed by atoms with van der Waals surface area (Å²) in [4.78, 5) is 0. The smallest absolute Gasteiger partial charge is 0.156 e. The van der Waals surface area contributed by atoms with E-state index in [1.54, 1.807) is 0 Å².